The first-order valence-electron chi connectivity index (χ1n) is 5.00. The Morgan fingerprint density at radius 3 is 3.14 bits per heavy atom. The Bertz CT molecular complexity index is 353. The molecule has 2 N–H and O–H groups in total. The lowest BCUT2D eigenvalue weighted by atomic mass is 9.90. The van der Waals surface area contributed by atoms with E-state index in [0.717, 1.165) is 12.1 Å². The first-order valence-corrected chi connectivity index (χ1v) is 5.00. The smallest absolute Gasteiger partial charge is 0.0975 e. The summed E-state index contributed by atoms with van der Waals surface area (Å²) in [5, 5.41) is 13.0. The van der Waals surface area contributed by atoms with Gasteiger partial charge in [0, 0.05) is 17.7 Å². The molecule has 1 aromatic rings. The number of hydrogen-bond donors (Lipinski definition) is 2. The van der Waals surface area contributed by atoms with E-state index in [1.807, 2.05) is 18.2 Å². The van der Waals surface area contributed by atoms with E-state index in [9.17, 15) is 5.11 Å². The zero-order valence-electron chi connectivity index (χ0n) is 7.81. The molecular formula is C11H13NO2. The van der Waals surface area contributed by atoms with E-state index in [1.165, 1.54) is 5.56 Å². The summed E-state index contributed by atoms with van der Waals surface area (Å²) in [5.41, 5.74) is 2.32. The summed E-state index contributed by atoms with van der Waals surface area (Å²) in [4.78, 5) is 0. The summed E-state index contributed by atoms with van der Waals surface area (Å²) in [6, 6.07) is 8.30. The molecule has 0 aromatic heterocycles. The molecule has 3 unspecified atom stereocenters. The molecular weight excluding hydrogens is 178 g/mol. The van der Waals surface area contributed by atoms with Gasteiger partial charge in [-0.15, -0.1) is 0 Å². The van der Waals surface area contributed by atoms with Gasteiger partial charge in [-0.25, -0.2) is 0 Å². The van der Waals surface area contributed by atoms with Gasteiger partial charge in [0.2, 0.25) is 0 Å². The van der Waals surface area contributed by atoms with Gasteiger partial charge in [-0.3, -0.25) is 0 Å². The SMILES string of the molecule is OC1COC2CC1Nc1ccccc12. The van der Waals surface area contributed by atoms with Gasteiger partial charge >= 0.3 is 0 Å². The van der Waals surface area contributed by atoms with Crippen LogP contribution in [0.1, 0.15) is 18.1 Å². The maximum absolute atomic E-state index is 9.66. The number of ether oxygens (including phenoxy) is 1. The quantitative estimate of drug-likeness (QED) is 0.649. The number of aliphatic hydroxyl groups is 1. The average Bonchev–Trinajstić information content (AvgIpc) is 2.24. The van der Waals surface area contributed by atoms with Crippen LogP contribution in [0, 0.1) is 0 Å². The van der Waals surface area contributed by atoms with Gasteiger partial charge in [0.1, 0.15) is 0 Å². The van der Waals surface area contributed by atoms with Gasteiger partial charge in [-0.1, -0.05) is 18.2 Å². The minimum Gasteiger partial charge on any atom is -0.389 e. The minimum atomic E-state index is -0.375. The summed E-state index contributed by atoms with van der Waals surface area (Å²) in [7, 11) is 0. The third kappa shape index (κ3) is 1.13. The first-order chi connectivity index (χ1) is 6.84. The molecule has 2 aliphatic heterocycles. The molecule has 74 valence electrons. The van der Waals surface area contributed by atoms with Crippen molar-refractivity contribution in [3.8, 4) is 0 Å². The fraction of sp³-hybridized carbons (Fsp3) is 0.455. The number of para-hydroxylation sites is 1. The Morgan fingerprint density at radius 1 is 1.36 bits per heavy atom. The zero-order chi connectivity index (χ0) is 9.54. The van der Waals surface area contributed by atoms with Crippen LogP contribution in [0.3, 0.4) is 0 Å². The highest BCUT2D eigenvalue weighted by Gasteiger charge is 2.35. The molecule has 1 aromatic carbocycles. The van der Waals surface area contributed by atoms with E-state index in [-0.39, 0.29) is 18.2 Å². The van der Waals surface area contributed by atoms with Crippen LogP contribution in [0.5, 0.6) is 0 Å². The number of benzene rings is 1. The minimum absolute atomic E-state index is 0.156. The van der Waals surface area contributed by atoms with Crippen molar-refractivity contribution in [2.24, 2.45) is 0 Å². The molecule has 2 bridgehead atoms. The molecule has 14 heavy (non-hydrogen) atoms. The van der Waals surface area contributed by atoms with Crippen LogP contribution >= 0.6 is 0 Å². The van der Waals surface area contributed by atoms with Gasteiger partial charge in [0.05, 0.1) is 24.9 Å². The molecule has 0 amide bonds. The van der Waals surface area contributed by atoms with E-state index in [1.54, 1.807) is 0 Å². The predicted molar refractivity (Wildman–Crippen MR) is 53.2 cm³/mol. The third-order valence-corrected chi connectivity index (χ3v) is 3.05. The van der Waals surface area contributed by atoms with Gasteiger partial charge in [0.15, 0.2) is 0 Å². The van der Waals surface area contributed by atoms with Crippen molar-refractivity contribution >= 4 is 5.69 Å². The molecule has 1 fully saturated rings. The van der Waals surface area contributed by atoms with Gasteiger partial charge in [0.25, 0.3) is 0 Å². The van der Waals surface area contributed by atoms with Crippen molar-refractivity contribution in [1.82, 2.24) is 0 Å². The fourth-order valence-electron chi connectivity index (χ4n) is 2.27. The second kappa shape index (κ2) is 2.97. The number of anilines is 1. The first kappa shape index (κ1) is 8.26. The highest BCUT2D eigenvalue weighted by molar-refractivity contribution is 5.55. The van der Waals surface area contributed by atoms with E-state index in [4.69, 9.17) is 4.74 Å². The molecule has 0 saturated carbocycles. The highest BCUT2D eigenvalue weighted by Crippen LogP contribution is 2.38. The van der Waals surface area contributed by atoms with Gasteiger partial charge in [-0.05, 0) is 6.07 Å². The lowest BCUT2D eigenvalue weighted by Gasteiger charge is -2.40. The van der Waals surface area contributed by atoms with E-state index in [0.29, 0.717) is 6.61 Å². The molecule has 3 atom stereocenters. The molecule has 3 heteroatoms. The summed E-state index contributed by atoms with van der Waals surface area (Å²) in [6.07, 6.45) is 0.665. The topological polar surface area (TPSA) is 41.5 Å². The summed E-state index contributed by atoms with van der Waals surface area (Å²) < 4.78 is 5.60. The van der Waals surface area contributed by atoms with Crippen molar-refractivity contribution in [3.05, 3.63) is 29.8 Å². The Balaban J connectivity index is 2.02. The van der Waals surface area contributed by atoms with Crippen LogP contribution in [-0.4, -0.2) is 23.9 Å². The molecule has 1 saturated heterocycles. The molecule has 0 spiro atoms. The van der Waals surface area contributed by atoms with E-state index in [2.05, 4.69) is 11.4 Å². The maximum atomic E-state index is 9.66. The predicted octanol–water partition coefficient (Wildman–Crippen LogP) is 1.30. The number of hydrogen-bond acceptors (Lipinski definition) is 3. The van der Waals surface area contributed by atoms with E-state index < -0.39 is 0 Å². The number of nitrogens with one attached hydrogen (secondary N) is 1. The summed E-state index contributed by atoms with van der Waals surface area (Å²) >= 11 is 0. The van der Waals surface area contributed by atoms with Crippen molar-refractivity contribution in [1.29, 1.82) is 0 Å². The Kier molecular flexibility index (Phi) is 1.75. The number of fused-ring (bicyclic) bond motifs is 4. The van der Waals surface area contributed by atoms with Crippen LogP contribution < -0.4 is 5.32 Å². The second-order valence-electron chi connectivity index (χ2n) is 3.96. The standard InChI is InChI=1S/C11H13NO2/c13-10-6-14-11-5-9(10)12-8-4-2-1-3-7(8)11/h1-4,9-13H,5-6H2. The highest BCUT2D eigenvalue weighted by atomic mass is 16.5. The van der Waals surface area contributed by atoms with Crippen molar-refractivity contribution in [2.45, 2.75) is 24.7 Å². The molecule has 2 aliphatic rings. The zero-order valence-corrected chi connectivity index (χ0v) is 7.81. The molecule has 0 radical (unpaired) electrons. The third-order valence-electron chi connectivity index (χ3n) is 3.05. The lowest BCUT2D eigenvalue weighted by molar-refractivity contribution is -0.0672. The van der Waals surface area contributed by atoms with Crippen LogP contribution in [-0.2, 0) is 4.74 Å². The summed E-state index contributed by atoms with van der Waals surface area (Å²) in [6.45, 7) is 0.441. The monoisotopic (exact) mass is 191 g/mol. The second-order valence-corrected chi connectivity index (χ2v) is 3.96. The summed E-state index contributed by atoms with van der Waals surface area (Å²) in [5.74, 6) is 0. The van der Waals surface area contributed by atoms with Crippen LogP contribution in [0.4, 0.5) is 5.69 Å². The van der Waals surface area contributed by atoms with Crippen molar-refractivity contribution < 1.29 is 9.84 Å². The van der Waals surface area contributed by atoms with Gasteiger partial charge in [-0.2, -0.15) is 0 Å². The van der Waals surface area contributed by atoms with Gasteiger partial charge < -0.3 is 15.2 Å². The number of rotatable bonds is 0. The number of aliphatic hydroxyl groups excluding tert-OH is 1. The molecule has 3 rings (SSSR count). The van der Waals surface area contributed by atoms with Crippen LogP contribution in [0.2, 0.25) is 0 Å². The van der Waals surface area contributed by atoms with Crippen molar-refractivity contribution in [2.75, 3.05) is 11.9 Å². The normalized spacial score (nSPS) is 34.5. The fourth-order valence-corrected chi connectivity index (χ4v) is 2.27. The average molecular weight is 191 g/mol. The van der Waals surface area contributed by atoms with Crippen LogP contribution in [0.15, 0.2) is 24.3 Å². The van der Waals surface area contributed by atoms with E-state index >= 15 is 0 Å². The lowest BCUT2D eigenvalue weighted by Crippen LogP contribution is -2.45. The largest absolute Gasteiger partial charge is 0.389 e. The molecule has 3 nitrogen and oxygen atoms in total. The Hall–Kier alpha value is -1.06. The Labute approximate surface area is 82.7 Å². The maximum Gasteiger partial charge on any atom is 0.0975 e. The Morgan fingerprint density at radius 2 is 2.21 bits per heavy atom. The molecule has 2 heterocycles. The van der Waals surface area contributed by atoms with Crippen molar-refractivity contribution in [3.63, 3.8) is 0 Å². The van der Waals surface area contributed by atoms with Crippen LogP contribution in [0.25, 0.3) is 0 Å². The molecule has 0 aliphatic carbocycles.